The SMILES string of the molecule is Cn1ccc(CC(CCl)c2ccccc2Br)n1. The average Bonchev–Trinajstić information content (AvgIpc) is 2.73. The fourth-order valence-corrected chi connectivity index (χ4v) is 2.76. The summed E-state index contributed by atoms with van der Waals surface area (Å²) in [5.41, 5.74) is 2.32. The molecule has 17 heavy (non-hydrogen) atoms. The first-order valence-electron chi connectivity index (χ1n) is 5.49. The van der Waals surface area contributed by atoms with E-state index in [4.69, 9.17) is 11.6 Å². The van der Waals surface area contributed by atoms with Crippen molar-refractivity contribution in [1.29, 1.82) is 0 Å². The molecule has 0 bridgehead atoms. The van der Waals surface area contributed by atoms with Gasteiger partial charge in [-0.2, -0.15) is 5.10 Å². The van der Waals surface area contributed by atoms with E-state index in [0.717, 1.165) is 16.6 Å². The molecule has 0 saturated carbocycles. The Morgan fingerprint density at radius 1 is 1.35 bits per heavy atom. The van der Waals surface area contributed by atoms with Crippen LogP contribution in [0.5, 0.6) is 0 Å². The molecule has 1 unspecified atom stereocenters. The van der Waals surface area contributed by atoms with Crippen LogP contribution in [0.2, 0.25) is 0 Å². The summed E-state index contributed by atoms with van der Waals surface area (Å²) < 4.78 is 2.93. The average molecular weight is 314 g/mol. The van der Waals surface area contributed by atoms with Crippen LogP contribution in [0.4, 0.5) is 0 Å². The molecular weight excluding hydrogens is 300 g/mol. The maximum absolute atomic E-state index is 6.08. The summed E-state index contributed by atoms with van der Waals surface area (Å²) in [5, 5.41) is 4.40. The highest BCUT2D eigenvalue weighted by atomic mass is 79.9. The first-order chi connectivity index (χ1) is 8.20. The Hall–Kier alpha value is -0.800. The molecule has 0 N–H and O–H groups in total. The van der Waals surface area contributed by atoms with Gasteiger partial charge in [0.05, 0.1) is 5.69 Å². The summed E-state index contributed by atoms with van der Waals surface area (Å²) in [7, 11) is 1.93. The molecule has 1 atom stereocenters. The molecule has 4 heteroatoms. The Labute approximate surface area is 115 Å². The maximum atomic E-state index is 6.08. The lowest BCUT2D eigenvalue weighted by atomic mass is 9.96. The quantitative estimate of drug-likeness (QED) is 0.786. The fourth-order valence-electron chi connectivity index (χ4n) is 1.88. The van der Waals surface area contributed by atoms with Gasteiger partial charge in [0.2, 0.25) is 0 Å². The van der Waals surface area contributed by atoms with Crippen molar-refractivity contribution < 1.29 is 0 Å². The lowest BCUT2D eigenvalue weighted by molar-refractivity contribution is 0.696. The van der Waals surface area contributed by atoms with Gasteiger partial charge in [-0.05, 0) is 24.1 Å². The van der Waals surface area contributed by atoms with Gasteiger partial charge in [0, 0.05) is 29.5 Å². The molecule has 1 heterocycles. The Morgan fingerprint density at radius 3 is 2.71 bits per heavy atom. The molecule has 0 aliphatic rings. The summed E-state index contributed by atoms with van der Waals surface area (Å²) in [5.74, 6) is 0.890. The second-order valence-corrected chi connectivity index (χ2v) is 5.22. The number of nitrogens with zero attached hydrogens (tertiary/aromatic N) is 2. The zero-order valence-electron chi connectivity index (χ0n) is 9.61. The van der Waals surface area contributed by atoms with Crippen LogP contribution in [-0.4, -0.2) is 15.7 Å². The molecule has 2 nitrogen and oxygen atoms in total. The molecule has 2 rings (SSSR count). The van der Waals surface area contributed by atoms with Gasteiger partial charge in [-0.1, -0.05) is 34.1 Å². The summed E-state index contributed by atoms with van der Waals surface area (Å²) >= 11 is 9.65. The Bertz CT molecular complexity index is 496. The number of hydrogen-bond donors (Lipinski definition) is 0. The zero-order chi connectivity index (χ0) is 12.3. The highest BCUT2D eigenvalue weighted by molar-refractivity contribution is 9.10. The lowest BCUT2D eigenvalue weighted by Crippen LogP contribution is -2.06. The van der Waals surface area contributed by atoms with E-state index in [1.807, 2.05) is 42.2 Å². The molecule has 0 fully saturated rings. The van der Waals surface area contributed by atoms with Gasteiger partial charge in [-0.25, -0.2) is 0 Å². The van der Waals surface area contributed by atoms with Crippen LogP contribution in [0.3, 0.4) is 0 Å². The second kappa shape index (κ2) is 5.69. The minimum Gasteiger partial charge on any atom is -0.276 e. The summed E-state index contributed by atoms with van der Waals surface area (Å²) in [6.07, 6.45) is 2.83. The highest BCUT2D eigenvalue weighted by Crippen LogP contribution is 2.28. The zero-order valence-corrected chi connectivity index (χ0v) is 11.9. The molecule has 0 radical (unpaired) electrons. The van der Waals surface area contributed by atoms with Gasteiger partial charge in [0.25, 0.3) is 0 Å². The normalized spacial score (nSPS) is 12.6. The van der Waals surface area contributed by atoms with E-state index in [0.29, 0.717) is 11.8 Å². The van der Waals surface area contributed by atoms with Crippen molar-refractivity contribution in [1.82, 2.24) is 9.78 Å². The third kappa shape index (κ3) is 3.11. The predicted octanol–water partition coefficient (Wildman–Crippen LogP) is 3.75. The van der Waals surface area contributed by atoms with E-state index in [9.17, 15) is 0 Å². The number of benzene rings is 1. The van der Waals surface area contributed by atoms with Gasteiger partial charge in [-0.15, -0.1) is 11.6 Å². The van der Waals surface area contributed by atoms with Gasteiger partial charge in [-0.3, -0.25) is 4.68 Å². The maximum Gasteiger partial charge on any atom is 0.0631 e. The minimum atomic E-state index is 0.294. The number of halogens is 2. The molecule has 1 aromatic carbocycles. The molecule has 0 spiro atoms. The van der Waals surface area contributed by atoms with Crippen molar-refractivity contribution >= 4 is 27.5 Å². The number of aryl methyl sites for hydroxylation is 1. The number of rotatable bonds is 4. The number of hydrogen-bond acceptors (Lipinski definition) is 1. The van der Waals surface area contributed by atoms with E-state index < -0.39 is 0 Å². The van der Waals surface area contributed by atoms with E-state index in [1.54, 1.807) is 0 Å². The van der Waals surface area contributed by atoms with Crippen molar-refractivity contribution in [2.24, 2.45) is 7.05 Å². The van der Waals surface area contributed by atoms with Crippen molar-refractivity contribution in [2.75, 3.05) is 5.88 Å². The van der Waals surface area contributed by atoms with Crippen molar-refractivity contribution in [3.05, 3.63) is 52.3 Å². The third-order valence-electron chi connectivity index (χ3n) is 2.76. The molecule has 0 aliphatic carbocycles. The molecule has 2 aromatic rings. The topological polar surface area (TPSA) is 17.8 Å². The minimum absolute atomic E-state index is 0.294. The first kappa shape index (κ1) is 12.7. The summed E-state index contributed by atoms with van der Waals surface area (Å²) in [6.45, 7) is 0. The Balaban J connectivity index is 2.20. The second-order valence-electron chi connectivity index (χ2n) is 4.06. The Kier molecular flexibility index (Phi) is 4.24. The molecule has 0 saturated heterocycles. The number of alkyl halides is 1. The molecule has 90 valence electrons. The van der Waals surface area contributed by atoms with Crippen LogP contribution < -0.4 is 0 Å². The van der Waals surface area contributed by atoms with Crippen LogP contribution >= 0.6 is 27.5 Å². The predicted molar refractivity (Wildman–Crippen MR) is 74.5 cm³/mol. The van der Waals surface area contributed by atoms with Gasteiger partial charge >= 0.3 is 0 Å². The van der Waals surface area contributed by atoms with Gasteiger partial charge in [0.1, 0.15) is 0 Å². The molecule has 1 aromatic heterocycles. The smallest absolute Gasteiger partial charge is 0.0631 e. The van der Waals surface area contributed by atoms with Crippen LogP contribution in [-0.2, 0) is 13.5 Å². The van der Waals surface area contributed by atoms with E-state index in [1.165, 1.54) is 5.56 Å². The van der Waals surface area contributed by atoms with E-state index in [2.05, 4.69) is 27.1 Å². The summed E-state index contributed by atoms with van der Waals surface area (Å²) in [6, 6.07) is 10.3. The monoisotopic (exact) mass is 312 g/mol. The van der Waals surface area contributed by atoms with Crippen LogP contribution in [0.1, 0.15) is 17.2 Å². The van der Waals surface area contributed by atoms with Crippen molar-refractivity contribution in [3.8, 4) is 0 Å². The standard InChI is InChI=1S/C13H14BrClN2/c1-17-7-6-11(16-17)8-10(9-15)12-4-2-3-5-13(12)14/h2-7,10H,8-9H2,1H3. The fraction of sp³-hybridized carbons (Fsp3) is 0.308. The van der Waals surface area contributed by atoms with Crippen LogP contribution in [0.15, 0.2) is 41.0 Å². The van der Waals surface area contributed by atoms with Gasteiger partial charge in [0.15, 0.2) is 0 Å². The molecular formula is C13H14BrClN2. The highest BCUT2D eigenvalue weighted by Gasteiger charge is 2.15. The molecule has 0 aliphatic heterocycles. The summed E-state index contributed by atoms with van der Waals surface area (Å²) in [4.78, 5) is 0. The van der Waals surface area contributed by atoms with E-state index >= 15 is 0 Å². The number of aromatic nitrogens is 2. The largest absolute Gasteiger partial charge is 0.276 e. The van der Waals surface area contributed by atoms with Crippen LogP contribution in [0.25, 0.3) is 0 Å². The van der Waals surface area contributed by atoms with Crippen molar-refractivity contribution in [3.63, 3.8) is 0 Å². The van der Waals surface area contributed by atoms with Crippen molar-refractivity contribution in [2.45, 2.75) is 12.3 Å². The van der Waals surface area contributed by atoms with E-state index in [-0.39, 0.29) is 0 Å². The molecule has 0 amide bonds. The van der Waals surface area contributed by atoms with Crippen LogP contribution in [0, 0.1) is 0 Å². The van der Waals surface area contributed by atoms with Gasteiger partial charge < -0.3 is 0 Å². The lowest BCUT2D eigenvalue weighted by Gasteiger charge is -2.14. The third-order valence-corrected chi connectivity index (χ3v) is 3.85. The first-order valence-corrected chi connectivity index (χ1v) is 6.82. The Morgan fingerprint density at radius 2 is 2.12 bits per heavy atom.